The van der Waals surface area contributed by atoms with E-state index in [0.29, 0.717) is 6.41 Å². The van der Waals surface area contributed by atoms with Crippen molar-refractivity contribution in [3.05, 3.63) is 23.5 Å². The number of hydrogen-bond acceptors (Lipinski definition) is 2. The zero-order valence-corrected chi connectivity index (χ0v) is 9.50. The third-order valence-corrected chi connectivity index (χ3v) is 2.54. The van der Waals surface area contributed by atoms with Gasteiger partial charge in [-0.1, -0.05) is 6.92 Å². The summed E-state index contributed by atoms with van der Waals surface area (Å²) in [5, 5.41) is 2.65. The van der Waals surface area contributed by atoms with Gasteiger partial charge in [0.15, 0.2) is 0 Å². The molecular formula is C12H15N3O. The van der Waals surface area contributed by atoms with Gasteiger partial charge in [0.2, 0.25) is 6.41 Å². The lowest BCUT2D eigenvalue weighted by atomic mass is 10.2. The molecule has 1 aromatic heterocycles. The number of nitrogens with zero attached hydrogens (tertiary/aromatic N) is 1. The molecule has 0 atom stereocenters. The summed E-state index contributed by atoms with van der Waals surface area (Å²) in [5.74, 6) is 1.00. The summed E-state index contributed by atoms with van der Waals surface area (Å²) in [6, 6.07) is 3.83. The quantitative estimate of drug-likeness (QED) is 0.772. The number of imidazole rings is 1. The van der Waals surface area contributed by atoms with E-state index in [2.05, 4.69) is 22.2 Å². The SMILES string of the molecule is CCCc1nc2c(C)cc(NC=O)cc2[nH]1. The summed E-state index contributed by atoms with van der Waals surface area (Å²) in [6.07, 6.45) is 2.70. The molecule has 0 unspecified atom stereocenters. The van der Waals surface area contributed by atoms with E-state index in [4.69, 9.17) is 0 Å². The van der Waals surface area contributed by atoms with E-state index in [0.717, 1.165) is 41.0 Å². The number of hydrogen-bond donors (Lipinski definition) is 2. The molecule has 1 amide bonds. The molecule has 0 saturated carbocycles. The van der Waals surface area contributed by atoms with Gasteiger partial charge in [-0.05, 0) is 31.0 Å². The molecule has 2 rings (SSSR count). The number of aromatic amines is 1. The van der Waals surface area contributed by atoms with Gasteiger partial charge in [-0.3, -0.25) is 4.79 Å². The van der Waals surface area contributed by atoms with Crippen LogP contribution in [0.3, 0.4) is 0 Å². The number of anilines is 1. The minimum absolute atomic E-state index is 0.684. The molecule has 0 fully saturated rings. The fourth-order valence-corrected chi connectivity index (χ4v) is 1.85. The van der Waals surface area contributed by atoms with Crippen LogP contribution in [0.5, 0.6) is 0 Å². The van der Waals surface area contributed by atoms with Crippen molar-refractivity contribution in [1.29, 1.82) is 0 Å². The van der Waals surface area contributed by atoms with E-state index in [1.54, 1.807) is 0 Å². The first-order chi connectivity index (χ1) is 7.74. The smallest absolute Gasteiger partial charge is 0.211 e. The van der Waals surface area contributed by atoms with Crippen molar-refractivity contribution in [2.75, 3.05) is 5.32 Å². The number of nitrogens with one attached hydrogen (secondary N) is 2. The van der Waals surface area contributed by atoms with Gasteiger partial charge in [0.25, 0.3) is 0 Å². The number of benzene rings is 1. The van der Waals surface area contributed by atoms with E-state index in [1.165, 1.54) is 0 Å². The predicted molar refractivity (Wildman–Crippen MR) is 64.5 cm³/mol. The third kappa shape index (κ3) is 1.91. The number of aryl methyl sites for hydroxylation is 2. The number of H-pyrrole nitrogens is 1. The van der Waals surface area contributed by atoms with E-state index in [1.807, 2.05) is 19.1 Å². The fourth-order valence-electron chi connectivity index (χ4n) is 1.85. The van der Waals surface area contributed by atoms with Crippen LogP contribution >= 0.6 is 0 Å². The van der Waals surface area contributed by atoms with Gasteiger partial charge in [-0.25, -0.2) is 4.98 Å². The molecule has 4 nitrogen and oxygen atoms in total. The number of fused-ring (bicyclic) bond motifs is 1. The van der Waals surface area contributed by atoms with E-state index in [-0.39, 0.29) is 0 Å². The highest BCUT2D eigenvalue weighted by atomic mass is 16.1. The van der Waals surface area contributed by atoms with Crippen LogP contribution in [0.25, 0.3) is 11.0 Å². The van der Waals surface area contributed by atoms with Gasteiger partial charge in [0.1, 0.15) is 5.82 Å². The van der Waals surface area contributed by atoms with Crippen molar-refractivity contribution >= 4 is 23.1 Å². The van der Waals surface area contributed by atoms with Gasteiger partial charge < -0.3 is 10.3 Å². The Morgan fingerprint density at radius 2 is 2.31 bits per heavy atom. The second-order valence-corrected chi connectivity index (χ2v) is 3.88. The highest BCUT2D eigenvalue weighted by Crippen LogP contribution is 2.21. The number of carbonyl (C=O) groups is 1. The Balaban J connectivity index is 2.49. The van der Waals surface area contributed by atoms with E-state index < -0.39 is 0 Å². The molecule has 4 heteroatoms. The number of carbonyl (C=O) groups excluding carboxylic acids is 1. The van der Waals surface area contributed by atoms with Crippen LogP contribution in [0.2, 0.25) is 0 Å². The second kappa shape index (κ2) is 4.35. The predicted octanol–water partition coefficient (Wildman–Crippen LogP) is 2.39. The number of amides is 1. The number of rotatable bonds is 4. The fraction of sp³-hybridized carbons (Fsp3) is 0.333. The Morgan fingerprint density at radius 3 is 3.00 bits per heavy atom. The highest BCUT2D eigenvalue weighted by Gasteiger charge is 2.06. The Labute approximate surface area is 94.1 Å². The lowest BCUT2D eigenvalue weighted by molar-refractivity contribution is -0.105. The molecule has 0 aliphatic heterocycles. The molecule has 0 bridgehead atoms. The molecule has 84 valence electrons. The molecule has 0 saturated heterocycles. The molecule has 0 spiro atoms. The van der Waals surface area contributed by atoms with Gasteiger partial charge in [-0.2, -0.15) is 0 Å². The first-order valence-electron chi connectivity index (χ1n) is 5.44. The molecule has 0 aliphatic rings. The minimum atomic E-state index is 0.684. The van der Waals surface area contributed by atoms with Crippen molar-refractivity contribution in [3.63, 3.8) is 0 Å². The summed E-state index contributed by atoms with van der Waals surface area (Å²) in [4.78, 5) is 18.2. The maximum atomic E-state index is 10.4. The first kappa shape index (κ1) is 10.7. The summed E-state index contributed by atoms with van der Waals surface area (Å²) in [7, 11) is 0. The van der Waals surface area contributed by atoms with E-state index in [9.17, 15) is 4.79 Å². The summed E-state index contributed by atoms with van der Waals surface area (Å²) in [6.45, 7) is 4.12. The molecular weight excluding hydrogens is 202 g/mol. The van der Waals surface area contributed by atoms with Gasteiger partial charge >= 0.3 is 0 Å². The van der Waals surface area contributed by atoms with Crippen LogP contribution in [0.15, 0.2) is 12.1 Å². The summed E-state index contributed by atoms with van der Waals surface area (Å²) < 4.78 is 0. The second-order valence-electron chi connectivity index (χ2n) is 3.88. The number of aromatic nitrogens is 2. The largest absolute Gasteiger partial charge is 0.342 e. The molecule has 1 aromatic carbocycles. The Kier molecular flexibility index (Phi) is 2.90. The molecule has 2 aromatic rings. The van der Waals surface area contributed by atoms with Crippen LogP contribution < -0.4 is 5.32 Å². The first-order valence-corrected chi connectivity index (χ1v) is 5.44. The van der Waals surface area contributed by atoms with Gasteiger partial charge in [-0.15, -0.1) is 0 Å². The maximum Gasteiger partial charge on any atom is 0.211 e. The van der Waals surface area contributed by atoms with Crippen molar-refractivity contribution in [1.82, 2.24) is 9.97 Å². The summed E-state index contributed by atoms with van der Waals surface area (Å²) >= 11 is 0. The zero-order chi connectivity index (χ0) is 11.5. The zero-order valence-electron chi connectivity index (χ0n) is 9.50. The lowest BCUT2D eigenvalue weighted by Gasteiger charge is -2.00. The molecule has 1 heterocycles. The average molecular weight is 217 g/mol. The van der Waals surface area contributed by atoms with Crippen LogP contribution in [-0.4, -0.2) is 16.4 Å². The lowest BCUT2D eigenvalue weighted by Crippen LogP contribution is -1.94. The molecule has 16 heavy (non-hydrogen) atoms. The maximum absolute atomic E-state index is 10.4. The van der Waals surface area contributed by atoms with Crippen molar-refractivity contribution in [2.24, 2.45) is 0 Å². The summed E-state index contributed by atoms with van der Waals surface area (Å²) in [5.41, 5.74) is 3.83. The van der Waals surface area contributed by atoms with Crippen molar-refractivity contribution in [2.45, 2.75) is 26.7 Å². The minimum Gasteiger partial charge on any atom is -0.342 e. The van der Waals surface area contributed by atoms with Crippen molar-refractivity contribution in [3.8, 4) is 0 Å². The molecule has 0 aliphatic carbocycles. The molecule has 2 N–H and O–H groups in total. The standard InChI is InChI=1S/C12H15N3O/c1-3-4-11-14-10-6-9(13-7-16)5-8(2)12(10)15-11/h5-7H,3-4H2,1-2H3,(H,13,16)(H,14,15). The van der Waals surface area contributed by atoms with Crippen LogP contribution in [0.4, 0.5) is 5.69 Å². The van der Waals surface area contributed by atoms with E-state index >= 15 is 0 Å². The Hall–Kier alpha value is -1.84. The van der Waals surface area contributed by atoms with Gasteiger partial charge in [0.05, 0.1) is 11.0 Å². The van der Waals surface area contributed by atoms with Gasteiger partial charge in [0, 0.05) is 12.1 Å². The normalized spacial score (nSPS) is 10.6. The average Bonchev–Trinajstić information content (AvgIpc) is 2.62. The Morgan fingerprint density at radius 1 is 1.50 bits per heavy atom. The molecule has 0 radical (unpaired) electrons. The van der Waals surface area contributed by atoms with Crippen LogP contribution in [0.1, 0.15) is 24.7 Å². The van der Waals surface area contributed by atoms with Crippen LogP contribution in [0, 0.1) is 6.92 Å². The third-order valence-electron chi connectivity index (χ3n) is 2.54. The topological polar surface area (TPSA) is 57.8 Å². The highest BCUT2D eigenvalue weighted by molar-refractivity contribution is 5.85. The van der Waals surface area contributed by atoms with Crippen molar-refractivity contribution < 1.29 is 4.79 Å². The Bertz CT molecular complexity index is 516. The van der Waals surface area contributed by atoms with Crippen LogP contribution in [-0.2, 0) is 11.2 Å². The monoisotopic (exact) mass is 217 g/mol.